The molecule has 2 rings (SSSR count). The highest BCUT2D eigenvalue weighted by Gasteiger charge is 2.27. The van der Waals surface area contributed by atoms with Gasteiger partial charge in [-0.3, -0.25) is 4.79 Å². The molecule has 1 aliphatic rings. The summed E-state index contributed by atoms with van der Waals surface area (Å²) >= 11 is 0. The number of hydrogen-bond acceptors (Lipinski definition) is 3. The largest absolute Gasteiger partial charge is 0.356 e. The van der Waals surface area contributed by atoms with E-state index in [4.69, 9.17) is 0 Å². The predicted molar refractivity (Wildman–Crippen MR) is 93.0 cm³/mol. The van der Waals surface area contributed by atoms with Crippen LogP contribution in [0.2, 0.25) is 0 Å². The number of amides is 1. The van der Waals surface area contributed by atoms with E-state index < -0.39 is 9.84 Å². The van der Waals surface area contributed by atoms with Gasteiger partial charge in [0.2, 0.25) is 5.91 Å². The molecule has 1 amide bonds. The molecule has 0 aromatic heterocycles. The highest BCUT2D eigenvalue weighted by atomic mass is 32.2. The van der Waals surface area contributed by atoms with Gasteiger partial charge in [0.15, 0.2) is 9.84 Å². The van der Waals surface area contributed by atoms with Crippen molar-refractivity contribution >= 4 is 15.7 Å². The Morgan fingerprint density at radius 3 is 2.61 bits per heavy atom. The van der Waals surface area contributed by atoms with Gasteiger partial charge in [-0.25, -0.2) is 8.42 Å². The van der Waals surface area contributed by atoms with Crippen LogP contribution in [0.3, 0.4) is 0 Å². The van der Waals surface area contributed by atoms with Gasteiger partial charge in [-0.15, -0.1) is 0 Å². The highest BCUT2D eigenvalue weighted by molar-refractivity contribution is 7.91. The fourth-order valence-corrected chi connectivity index (χ4v) is 4.98. The first-order valence-corrected chi connectivity index (χ1v) is 10.4. The average molecular weight is 337 g/mol. The number of carbonyl (C=O) groups is 1. The van der Waals surface area contributed by atoms with Crippen LogP contribution in [0.25, 0.3) is 0 Å². The monoisotopic (exact) mass is 337 g/mol. The number of hydrogen-bond donors (Lipinski definition) is 1. The SMILES string of the molecule is O=C(CCCCc1ccccc1)NCCCC1CCS(=O)(=O)C1. The molecule has 128 valence electrons. The molecule has 1 heterocycles. The molecule has 1 unspecified atom stereocenters. The highest BCUT2D eigenvalue weighted by Crippen LogP contribution is 2.22. The van der Waals surface area contributed by atoms with E-state index in [1.54, 1.807) is 0 Å². The molecular formula is C18H27NO3S. The third kappa shape index (κ3) is 7.16. The number of rotatable bonds is 9. The van der Waals surface area contributed by atoms with Gasteiger partial charge >= 0.3 is 0 Å². The van der Waals surface area contributed by atoms with Crippen molar-refractivity contribution in [3.63, 3.8) is 0 Å². The van der Waals surface area contributed by atoms with Gasteiger partial charge in [0, 0.05) is 13.0 Å². The van der Waals surface area contributed by atoms with Gasteiger partial charge < -0.3 is 5.32 Å². The van der Waals surface area contributed by atoms with Crippen LogP contribution in [0.15, 0.2) is 30.3 Å². The minimum Gasteiger partial charge on any atom is -0.356 e. The molecule has 0 aliphatic carbocycles. The van der Waals surface area contributed by atoms with Crippen molar-refractivity contribution < 1.29 is 13.2 Å². The van der Waals surface area contributed by atoms with Crippen LogP contribution >= 0.6 is 0 Å². The first-order valence-electron chi connectivity index (χ1n) is 8.56. The van der Waals surface area contributed by atoms with Gasteiger partial charge in [-0.1, -0.05) is 30.3 Å². The van der Waals surface area contributed by atoms with Crippen LogP contribution in [-0.4, -0.2) is 32.4 Å². The summed E-state index contributed by atoms with van der Waals surface area (Å²) in [5, 5.41) is 2.94. The molecule has 1 aromatic carbocycles. The lowest BCUT2D eigenvalue weighted by atomic mass is 10.0. The van der Waals surface area contributed by atoms with E-state index in [2.05, 4.69) is 17.4 Å². The Bertz CT molecular complexity index is 584. The van der Waals surface area contributed by atoms with Crippen molar-refractivity contribution in [2.24, 2.45) is 5.92 Å². The Kier molecular flexibility index (Phi) is 7.09. The zero-order valence-corrected chi connectivity index (χ0v) is 14.5. The molecule has 1 aromatic rings. The number of benzene rings is 1. The van der Waals surface area contributed by atoms with E-state index in [1.807, 2.05) is 18.2 Å². The second kappa shape index (κ2) is 9.06. The van der Waals surface area contributed by atoms with Crippen LogP contribution in [0.5, 0.6) is 0 Å². The summed E-state index contributed by atoms with van der Waals surface area (Å²) in [6, 6.07) is 10.3. The Hall–Kier alpha value is -1.36. The topological polar surface area (TPSA) is 63.2 Å². The third-order valence-electron chi connectivity index (χ3n) is 4.40. The van der Waals surface area contributed by atoms with E-state index >= 15 is 0 Å². The lowest BCUT2D eigenvalue weighted by Gasteiger charge is -2.08. The van der Waals surface area contributed by atoms with Crippen molar-refractivity contribution in [2.45, 2.75) is 44.9 Å². The minimum atomic E-state index is -2.77. The second-order valence-corrected chi connectivity index (χ2v) is 8.68. The van der Waals surface area contributed by atoms with Crippen molar-refractivity contribution in [3.8, 4) is 0 Å². The molecule has 0 spiro atoms. The Morgan fingerprint density at radius 2 is 1.91 bits per heavy atom. The first-order chi connectivity index (χ1) is 11.1. The van der Waals surface area contributed by atoms with Crippen molar-refractivity contribution in [2.75, 3.05) is 18.1 Å². The van der Waals surface area contributed by atoms with E-state index in [1.165, 1.54) is 5.56 Å². The predicted octanol–water partition coefficient (Wildman–Crippen LogP) is 2.73. The van der Waals surface area contributed by atoms with E-state index in [0.717, 1.165) is 38.5 Å². The Balaban J connectivity index is 1.47. The number of unbranched alkanes of at least 4 members (excludes halogenated alkanes) is 1. The molecule has 1 aliphatic heterocycles. The molecule has 1 fully saturated rings. The summed E-state index contributed by atoms with van der Waals surface area (Å²) in [7, 11) is -2.77. The quantitative estimate of drug-likeness (QED) is 0.705. The smallest absolute Gasteiger partial charge is 0.219 e. The van der Waals surface area contributed by atoms with E-state index in [9.17, 15) is 13.2 Å². The summed E-state index contributed by atoms with van der Waals surface area (Å²) in [5.74, 6) is 1.08. The summed E-state index contributed by atoms with van der Waals surface area (Å²) in [4.78, 5) is 11.7. The van der Waals surface area contributed by atoms with Crippen molar-refractivity contribution in [3.05, 3.63) is 35.9 Å². The molecule has 23 heavy (non-hydrogen) atoms. The molecule has 0 bridgehead atoms. The van der Waals surface area contributed by atoms with Gasteiger partial charge in [-0.2, -0.15) is 0 Å². The molecule has 0 saturated carbocycles. The lowest BCUT2D eigenvalue weighted by molar-refractivity contribution is -0.121. The van der Waals surface area contributed by atoms with Crippen LogP contribution < -0.4 is 5.32 Å². The summed E-state index contributed by atoms with van der Waals surface area (Å²) in [6.07, 6.45) is 6.08. The standard InChI is InChI=1S/C18H27NO3S/c20-18(11-5-4-9-16-7-2-1-3-8-16)19-13-6-10-17-12-14-23(21,22)15-17/h1-3,7-8,17H,4-6,9-15H2,(H,19,20). The fourth-order valence-electron chi connectivity index (χ4n) is 3.07. The van der Waals surface area contributed by atoms with Crippen LogP contribution in [0.1, 0.15) is 44.1 Å². The number of aryl methyl sites for hydroxylation is 1. The molecule has 4 nitrogen and oxygen atoms in total. The molecule has 5 heteroatoms. The Labute approximate surface area is 139 Å². The summed E-state index contributed by atoms with van der Waals surface area (Å²) < 4.78 is 22.7. The average Bonchev–Trinajstić information content (AvgIpc) is 2.88. The van der Waals surface area contributed by atoms with Crippen LogP contribution in [-0.2, 0) is 21.1 Å². The molecule has 0 radical (unpaired) electrons. The van der Waals surface area contributed by atoms with Crippen LogP contribution in [0, 0.1) is 5.92 Å². The fraction of sp³-hybridized carbons (Fsp3) is 0.611. The van der Waals surface area contributed by atoms with E-state index in [-0.39, 0.29) is 5.91 Å². The van der Waals surface area contributed by atoms with E-state index in [0.29, 0.717) is 30.4 Å². The Morgan fingerprint density at radius 1 is 1.13 bits per heavy atom. The molecule has 1 atom stereocenters. The van der Waals surface area contributed by atoms with Gasteiger partial charge in [0.05, 0.1) is 11.5 Å². The van der Waals surface area contributed by atoms with Gasteiger partial charge in [0.25, 0.3) is 0 Å². The third-order valence-corrected chi connectivity index (χ3v) is 6.24. The number of nitrogens with one attached hydrogen (secondary N) is 1. The zero-order chi connectivity index (χ0) is 16.5. The normalized spacial score (nSPS) is 19.6. The zero-order valence-electron chi connectivity index (χ0n) is 13.7. The van der Waals surface area contributed by atoms with Crippen molar-refractivity contribution in [1.82, 2.24) is 5.32 Å². The minimum absolute atomic E-state index is 0.108. The van der Waals surface area contributed by atoms with Crippen LogP contribution in [0.4, 0.5) is 0 Å². The molecular weight excluding hydrogens is 310 g/mol. The lowest BCUT2D eigenvalue weighted by Crippen LogP contribution is -2.24. The summed E-state index contributed by atoms with van der Waals surface area (Å²) in [6.45, 7) is 0.661. The summed E-state index contributed by atoms with van der Waals surface area (Å²) in [5.41, 5.74) is 1.32. The molecule has 1 N–H and O–H groups in total. The maximum absolute atomic E-state index is 11.7. The van der Waals surface area contributed by atoms with Gasteiger partial charge in [-0.05, 0) is 50.0 Å². The second-order valence-electron chi connectivity index (χ2n) is 6.45. The van der Waals surface area contributed by atoms with Gasteiger partial charge in [0.1, 0.15) is 0 Å². The first kappa shape index (κ1) is 18.0. The number of sulfone groups is 1. The maximum atomic E-state index is 11.7. The van der Waals surface area contributed by atoms with Crippen molar-refractivity contribution in [1.29, 1.82) is 0 Å². The number of carbonyl (C=O) groups excluding carboxylic acids is 1. The maximum Gasteiger partial charge on any atom is 0.219 e. The molecule has 1 saturated heterocycles.